The molecule has 6 rings (SSSR count). The van der Waals surface area contributed by atoms with E-state index >= 15 is 0 Å². The maximum absolute atomic E-state index is 13.1. The molecule has 0 radical (unpaired) electrons. The summed E-state index contributed by atoms with van der Waals surface area (Å²) < 4.78 is 107. The quantitative estimate of drug-likeness (QED) is 0.0821. The van der Waals surface area contributed by atoms with Gasteiger partial charge in [0, 0.05) is 12.9 Å². The molecule has 330 valence electrons. The minimum Gasteiger partial charge on any atom is -0.489 e. The third kappa shape index (κ3) is 12.4. The minimum atomic E-state index is -4.03. The maximum Gasteiger partial charge on any atom is 0.229 e. The first-order valence-corrected chi connectivity index (χ1v) is 22.6. The molecule has 3 aromatic carbocycles. The molecule has 13 nitrogen and oxygen atoms in total. The highest BCUT2D eigenvalue weighted by atomic mass is 35.5. The molecular formula is C43H55Cl3N8O5S2. The zero-order chi connectivity index (χ0) is 49.4. The second kappa shape index (κ2) is 21.2. The van der Waals surface area contributed by atoms with Gasteiger partial charge in [0.2, 0.25) is 11.2 Å². The maximum atomic E-state index is 13.1. The summed E-state index contributed by atoms with van der Waals surface area (Å²) >= 11 is 18.1. The molecule has 1 fully saturated rings. The summed E-state index contributed by atoms with van der Waals surface area (Å²) in [5.74, 6) is 0.463. The van der Waals surface area contributed by atoms with Gasteiger partial charge in [0.05, 0.1) is 57.1 Å². The lowest BCUT2D eigenvalue weighted by Gasteiger charge is -2.30. The van der Waals surface area contributed by atoms with E-state index in [-0.39, 0.29) is 73.8 Å². The Morgan fingerprint density at radius 1 is 0.803 bits per heavy atom. The van der Waals surface area contributed by atoms with Crippen LogP contribution in [-0.2, 0) is 19.7 Å². The van der Waals surface area contributed by atoms with E-state index < -0.39 is 48.7 Å². The molecule has 0 spiro atoms. The molecule has 2 unspecified atom stereocenters. The Morgan fingerprint density at radius 2 is 1.33 bits per heavy atom. The molecule has 1 saturated heterocycles. The summed E-state index contributed by atoms with van der Waals surface area (Å²) in [5, 5.41) is 8.50. The van der Waals surface area contributed by atoms with Crippen molar-refractivity contribution >= 4 is 89.1 Å². The molecule has 0 saturated carbocycles. The fraction of sp³-hybridized carbons (Fsp3) is 0.395. The summed E-state index contributed by atoms with van der Waals surface area (Å²) in [5.41, 5.74) is 2.55. The van der Waals surface area contributed by atoms with Gasteiger partial charge in [-0.1, -0.05) is 54.9 Å². The Kier molecular flexibility index (Phi) is 14.2. The molecule has 1 aliphatic rings. The molecule has 3 heterocycles. The number of sulfone groups is 2. The first kappa shape index (κ1) is 40.8. The van der Waals surface area contributed by atoms with Gasteiger partial charge in [-0.25, -0.2) is 26.8 Å². The number of benzene rings is 3. The number of nitrogens with one attached hydrogen (secondary N) is 4. The average Bonchev–Trinajstić information content (AvgIpc) is 3.16. The highest BCUT2D eigenvalue weighted by Crippen LogP contribution is 2.39. The predicted molar refractivity (Wildman–Crippen MR) is 250 cm³/mol. The lowest BCUT2D eigenvalue weighted by atomic mass is 9.84. The van der Waals surface area contributed by atoms with Gasteiger partial charge in [-0.3, -0.25) is 0 Å². The zero-order valence-corrected chi connectivity index (χ0v) is 38.1. The van der Waals surface area contributed by atoms with Crippen LogP contribution in [0.15, 0.2) is 82.8 Å². The van der Waals surface area contributed by atoms with E-state index in [1.165, 1.54) is 52.2 Å². The highest BCUT2D eigenvalue weighted by molar-refractivity contribution is 7.92. The van der Waals surface area contributed by atoms with Crippen LogP contribution in [0.3, 0.4) is 0 Å². The van der Waals surface area contributed by atoms with Crippen molar-refractivity contribution in [1.29, 1.82) is 0 Å². The number of para-hydroxylation sites is 2. The van der Waals surface area contributed by atoms with E-state index in [1.807, 2.05) is 6.92 Å². The van der Waals surface area contributed by atoms with Crippen LogP contribution in [0.25, 0.3) is 0 Å². The Labute approximate surface area is 384 Å². The van der Waals surface area contributed by atoms with Crippen molar-refractivity contribution in [2.45, 2.75) is 114 Å². The number of anilines is 6. The summed E-state index contributed by atoms with van der Waals surface area (Å²) in [6.45, 7) is 10.2. The van der Waals surface area contributed by atoms with Crippen LogP contribution in [0.1, 0.15) is 94.0 Å². The average molecular weight is 940 g/mol. The van der Waals surface area contributed by atoms with Crippen LogP contribution in [0, 0.1) is 6.92 Å². The van der Waals surface area contributed by atoms with Gasteiger partial charge in [0.15, 0.2) is 31.3 Å². The minimum absolute atomic E-state index is 0. The van der Waals surface area contributed by atoms with Gasteiger partial charge in [-0.15, -0.1) is 0 Å². The largest absolute Gasteiger partial charge is 0.489 e. The fourth-order valence-corrected chi connectivity index (χ4v) is 8.58. The van der Waals surface area contributed by atoms with E-state index in [0.717, 1.165) is 11.1 Å². The molecule has 61 heavy (non-hydrogen) atoms. The van der Waals surface area contributed by atoms with Crippen molar-refractivity contribution in [3.63, 3.8) is 0 Å². The number of rotatable bonds is 13. The smallest absolute Gasteiger partial charge is 0.229 e. The topological polar surface area (TPSA) is 177 Å². The molecule has 2 atom stereocenters. The number of piperidine rings is 1. The third-order valence-electron chi connectivity index (χ3n) is 8.96. The normalized spacial score (nSPS) is 19.4. The third-order valence-corrected chi connectivity index (χ3v) is 13.7. The SMILES string of the molecule is C.[2H]C(C)(C)S(=O)(=O)c1ccccc1Nc1nc(Cl)ncc1Cl.[2H]C1([2H])CC(c2cc(OC([2H])(C)C)c(Nc3ncc(Cl)c(Nc4ccccc4S(=O)(=O)C([2H])(C)C)n3)cc2C)CC([2H])(C)N1. The molecule has 1 aliphatic heterocycles. The molecular weight excluding hydrogens is 879 g/mol. The monoisotopic (exact) mass is 938 g/mol. The van der Waals surface area contributed by atoms with E-state index in [9.17, 15) is 16.8 Å². The Hall–Kier alpha value is -4.25. The van der Waals surface area contributed by atoms with Crippen molar-refractivity contribution in [3.05, 3.63) is 99.5 Å². The van der Waals surface area contributed by atoms with E-state index in [1.54, 1.807) is 69.3 Å². The van der Waals surface area contributed by atoms with Gasteiger partial charge in [0.25, 0.3) is 0 Å². The summed E-state index contributed by atoms with van der Waals surface area (Å²) in [6.07, 6.45) is 1.90. The van der Waals surface area contributed by atoms with Crippen molar-refractivity contribution < 1.29 is 29.8 Å². The van der Waals surface area contributed by atoms with E-state index in [4.69, 9.17) is 47.8 Å². The number of aromatic nitrogens is 4. The Morgan fingerprint density at radius 3 is 1.85 bits per heavy atom. The second-order valence-corrected chi connectivity index (χ2v) is 20.0. The van der Waals surface area contributed by atoms with Crippen LogP contribution < -0.4 is 26.0 Å². The number of hydrogen-bond donors (Lipinski definition) is 4. The molecule has 0 amide bonds. The summed E-state index contributed by atoms with van der Waals surface area (Å²) in [7, 11) is -7.89. The molecule has 5 aromatic rings. The van der Waals surface area contributed by atoms with Crippen LogP contribution in [0.5, 0.6) is 5.75 Å². The van der Waals surface area contributed by atoms with Crippen molar-refractivity contribution in [2.24, 2.45) is 0 Å². The van der Waals surface area contributed by atoms with E-state index in [2.05, 4.69) is 41.2 Å². The first-order valence-electron chi connectivity index (χ1n) is 21.5. The number of nitrogens with zero attached hydrogens (tertiary/aromatic N) is 4. The lowest BCUT2D eigenvalue weighted by Crippen LogP contribution is -2.35. The molecule has 2 aromatic heterocycles. The van der Waals surface area contributed by atoms with Gasteiger partial charge < -0.3 is 26.0 Å². The standard InChI is InChI=1S/C29H38ClN5O3S.C13H13Cl2N3O2S.CH4/c1-17(2)38-26-15-22(21-11-12-31-20(6)14-21)19(5)13-25(26)34-29-32-16-23(30)28(35-29)33-24-9-7-8-10-27(24)39(36,37)18(3)4;1-8(2)21(19,20)11-6-4-3-5-10(11)17-12-9(14)7-16-13(15)18-12;/h7-10,13,15-18,20-21,31H,11-12,14H2,1-6H3,(H2,32,33,34,35);3-8H,1-2H3,(H,16,17,18);1H4/i12D2,17D,18D,20D;8D;. The van der Waals surface area contributed by atoms with Crippen LogP contribution in [0.2, 0.25) is 15.3 Å². The first-order chi connectivity index (χ1) is 30.2. The summed E-state index contributed by atoms with van der Waals surface area (Å²) in [4.78, 5) is 16.3. The number of aryl methyl sites for hydroxylation is 1. The van der Waals surface area contributed by atoms with Crippen LogP contribution in [0.4, 0.5) is 34.6 Å². The second-order valence-electron chi connectivity index (χ2n) is 14.3. The number of ether oxygens (including phenoxy) is 1. The summed E-state index contributed by atoms with van der Waals surface area (Å²) in [6, 6.07) is 14.8. The van der Waals surface area contributed by atoms with Crippen molar-refractivity contribution in [1.82, 2.24) is 25.3 Å². The fourth-order valence-electron chi connectivity index (χ4n) is 5.96. The number of halogens is 3. The predicted octanol–water partition coefficient (Wildman–Crippen LogP) is 11.1. The molecule has 18 heteroatoms. The lowest BCUT2D eigenvalue weighted by molar-refractivity contribution is 0.243. The van der Waals surface area contributed by atoms with Gasteiger partial charge in [-0.05, 0) is 140 Å². The van der Waals surface area contributed by atoms with Gasteiger partial charge in [-0.2, -0.15) is 9.97 Å². The van der Waals surface area contributed by atoms with Crippen LogP contribution >= 0.6 is 34.8 Å². The Balaban J connectivity index is 0.000000358. The van der Waals surface area contributed by atoms with Gasteiger partial charge in [0.1, 0.15) is 15.8 Å². The van der Waals surface area contributed by atoms with Gasteiger partial charge >= 0.3 is 0 Å². The van der Waals surface area contributed by atoms with Crippen LogP contribution in [-0.4, -0.2) is 65.8 Å². The molecule has 4 N–H and O–H groups in total. The van der Waals surface area contributed by atoms with E-state index in [0.29, 0.717) is 17.9 Å². The zero-order valence-electron chi connectivity index (χ0n) is 40.2. The molecule has 0 aliphatic carbocycles. The highest BCUT2D eigenvalue weighted by Gasteiger charge is 2.26. The number of hydrogen-bond acceptors (Lipinski definition) is 13. The van der Waals surface area contributed by atoms with Crippen molar-refractivity contribution in [3.8, 4) is 5.75 Å². The van der Waals surface area contributed by atoms with Crippen molar-refractivity contribution in [2.75, 3.05) is 22.4 Å². The Bertz CT molecular complexity index is 2810. The molecule has 0 bridgehead atoms.